The molecule has 5 nitrogen and oxygen atoms in total. The zero-order chi connectivity index (χ0) is 13.0. The average Bonchev–Trinajstić information content (AvgIpc) is 2.33. The number of amides is 2. The van der Waals surface area contributed by atoms with Crippen molar-refractivity contribution in [3.05, 3.63) is 0 Å². The van der Waals surface area contributed by atoms with Crippen molar-refractivity contribution in [1.82, 2.24) is 10.2 Å². The second-order valence-electron chi connectivity index (χ2n) is 4.43. The molecule has 1 saturated heterocycles. The first-order valence-electron chi connectivity index (χ1n) is 6.18. The van der Waals surface area contributed by atoms with Crippen molar-refractivity contribution in [2.24, 2.45) is 0 Å². The van der Waals surface area contributed by atoms with Gasteiger partial charge in [-0.05, 0) is 19.8 Å². The number of piperazine rings is 1. The van der Waals surface area contributed by atoms with E-state index in [1.807, 2.05) is 20.8 Å². The molecule has 3 unspecified atom stereocenters. The van der Waals surface area contributed by atoms with Gasteiger partial charge in [0.15, 0.2) is 0 Å². The van der Waals surface area contributed by atoms with E-state index in [-0.39, 0.29) is 30.0 Å². The van der Waals surface area contributed by atoms with Crippen molar-refractivity contribution in [3.8, 4) is 0 Å². The number of nitrogens with one attached hydrogen (secondary N) is 1. The van der Waals surface area contributed by atoms with Crippen molar-refractivity contribution in [2.45, 2.75) is 51.8 Å². The molecule has 0 radical (unpaired) electrons. The molecule has 0 bridgehead atoms. The maximum absolute atomic E-state index is 12.2. The third-order valence-corrected chi connectivity index (χ3v) is 3.23. The van der Waals surface area contributed by atoms with E-state index in [1.54, 1.807) is 12.0 Å². The summed E-state index contributed by atoms with van der Waals surface area (Å²) >= 11 is 0. The molecule has 17 heavy (non-hydrogen) atoms. The Kier molecular flexibility index (Phi) is 4.93. The fourth-order valence-corrected chi connectivity index (χ4v) is 2.08. The first-order valence-corrected chi connectivity index (χ1v) is 6.18. The highest BCUT2D eigenvalue weighted by atomic mass is 16.5. The number of ether oxygens (including phenoxy) is 1. The molecule has 1 aliphatic rings. The average molecular weight is 242 g/mol. The minimum absolute atomic E-state index is 0.00264. The van der Waals surface area contributed by atoms with E-state index in [1.165, 1.54) is 0 Å². The largest absolute Gasteiger partial charge is 0.380 e. The van der Waals surface area contributed by atoms with Gasteiger partial charge in [-0.2, -0.15) is 0 Å². The molecule has 0 aromatic rings. The van der Waals surface area contributed by atoms with Crippen LogP contribution in [0.5, 0.6) is 0 Å². The normalized spacial score (nSPS) is 26.9. The number of carbonyl (C=O) groups excluding carboxylic acids is 2. The number of methoxy groups -OCH3 is 1. The highest BCUT2D eigenvalue weighted by molar-refractivity contribution is 5.96. The van der Waals surface area contributed by atoms with Crippen LogP contribution >= 0.6 is 0 Å². The van der Waals surface area contributed by atoms with Gasteiger partial charge >= 0.3 is 0 Å². The Morgan fingerprint density at radius 3 is 2.47 bits per heavy atom. The minimum Gasteiger partial charge on any atom is -0.380 e. The maximum Gasteiger partial charge on any atom is 0.245 e. The molecule has 3 atom stereocenters. The number of carbonyl (C=O) groups is 2. The summed E-state index contributed by atoms with van der Waals surface area (Å²) in [5, 5.41) is 2.77. The molecule has 5 heteroatoms. The van der Waals surface area contributed by atoms with Crippen molar-refractivity contribution in [3.63, 3.8) is 0 Å². The van der Waals surface area contributed by atoms with E-state index in [2.05, 4.69) is 5.32 Å². The van der Waals surface area contributed by atoms with Crippen LogP contribution in [-0.2, 0) is 14.3 Å². The Balaban J connectivity index is 2.84. The topological polar surface area (TPSA) is 58.6 Å². The van der Waals surface area contributed by atoms with Crippen LogP contribution in [0.1, 0.15) is 33.6 Å². The van der Waals surface area contributed by atoms with Crippen LogP contribution in [-0.4, -0.2) is 48.6 Å². The molecule has 1 aliphatic heterocycles. The lowest BCUT2D eigenvalue weighted by atomic mass is 10.0. The van der Waals surface area contributed by atoms with Crippen molar-refractivity contribution >= 4 is 11.8 Å². The van der Waals surface area contributed by atoms with Crippen LogP contribution in [0.25, 0.3) is 0 Å². The van der Waals surface area contributed by atoms with Crippen LogP contribution in [0.15, 0.2) is 0 Å². The van der Waals surface area contributed by atoms with Crippen LogP contribution in [0.2, 0.25) is 0 Å². The van der Waals surface area contributed by atoms with Gasteiger partial charge in [-0.3, -0.25) is 9.59 Å². The van der Waals surface area contributed by atoms with E-state index in [9.17, 15) is 9.59 Å². The number of hydrogen-bond acceptors (Lipinski definition) is 3. The fourth-order valence-electron chi connectivity index (χ4n) is 2.08. The van der Waals surface area contributed by atoms with Gasteiger partial charge in [-0.15, -0.1) is 0 Å². The van der Waals surface area contributed by atoms with Crippen LogP contribution in [0.4, 0.5) is 0 Å². The molecular weight excluding hydrogens is 220 g/mol. The minimum atomic E-state index is -0.380. The van der Waals surface area contributed by atoms with Gasteiger partial charge in [0.2, 0.25) is 11.8 Å². The molecule has 0 aromatic carbocycles. The second-order valence-corrected chi connectivity index (χ2v) is 4.43. The number of rotatable bonds is 5. The molecule has 98 valence electrons. The summed E-state index contributed by atoms with van der Waals surface area (Å²) < 4.78 is 5.17. The molecule has 0 spiro atoms. The molecule has 0 saturated carbocycles. The number of hydrogen-bond donors (Lipinski definition) is 1. The summed E-state index contributed by atoms with van der Waals surface area (Å²) in [6.45, 7) is 6.17. The summed E-state index contributed by atoms with van der Waals surface area (Å²) in [6, 6.07) is -0.739. The van der Waals surface area contributed by atoms with E-state index in [4.69, 9.17) is 4.74 Å². The van der Waals surface area contributed by atoms with Gasteiger partial charge in [-0.25, -0.2) is 0 Å². The zero-order valence-corrected chi connectivity index (χ0v) is 11.0. The predicted octanol–water partition coefficient (Wildman–Crippen LogP) is 0.537. The monoisotopic (exact) mass is 242 g/mol. The van der Waals surface area contributed by atoms with Crippen molar-refractivity contribution < 1.29 is 14.3 Å². The van der Waals surface area contributed by atoms with E-state index in [0.717, 1.165) is 0 Å². The van der Waals surface area contributed by atoms with Crippen molar-refractivity contribution in [2.75, 3.05) is 13.7 Å². The Morgan fingerprint density at radius 2 is 2.00 bits per heavy atom. The second kappa shape index (κ2) is 6.00. The molecule has 1 fully saturated rings. The van der Waals surface area contributed by atoms with Gasteiger partial charge in [0.1, 0.15) is 12.1 Å². The summed E-state index contributed by atoms with van der Waals surface area (Å²) in [6.07, 6.45) is 1.19. The van der Waals surface area contributed by atoms with Gasteiger partial charge in [0.25, 0.3) is 0 Å². The smallest absolute Gasteiger partial charge is 0.245 e. The third kappa shape index (κ3) is 2.97. The lowest BCUT2D eigenvalue weighted by Crippen LogP contribution is -2.64. The maximum atomic E-state index is 12.2. The third-order valence-electron chi connectivity index (χ3n) is 3.23. The Labute approximate surface area is 102 Å². The standard InChI is InChI=1S/C12H22N2O3/c1-5-9-12(16)14(7-8(3)17-4)10(6-2)11(15)13-9/h8-10H,5-7H2,1-4H3,(H,13,15). The quantitative estimate of drug-likeness (QED) is 0.765. The molecule has 1 N–H and O–H groups in total. The highest BCUT2D eigenvalue weighted by Gasteiger charge is 2.38. The molecule has 0 aliphatic carbocycles. The number of nitrogens with zero attached hydrogens (tertiary/aromatic N) is 1. The first-order chi connectivity index (χ1) is 8.04. The molecule has 0 aromatic heterocycles. The molecular formula is C12H22N2O3. The van der Waals surface area contributed by atoms with Crippen LogP contribution in [0.3, 0.4) is 0 Å². The summed E-state index contributed by atoms with van der Waals surface area (Å²) in [5.74, 6) is -0.0508. The first kappa shape index (κ1) is 14.0. The van der Waals surface area contributed by atoms with E-state index in [0.29, 0.717) is 19.4 Å². The van der Waals surface area contributed by atoms with Gasteiger partial charge in [0, 0.05) is 13.7 Å². The molecule has 1 heterocycles. The Morgan fingerprint density at radius 1 is 1.35 bits per heavy atom. The lowest BCUT2D eigenvalue weighted by Gasteiger charge is -2.39. The predicted molar refractivity (Wildman–Crippen MR) is 64.5 cm³/mol. The summed E-state index contributed by atoms with van der Waals surface area (Å²) in [5.41, 5.74) is 0. The Bertz CT molecular complexity index is 293. The molecule has 2 amide bonds. The van der Waals surface area contributed by atoms with Gasteiger partial charge < -0.3 is 15.0 Å². The van der Waals surface area contributed by atoms with Crippen LogP contribution in [0, 0.1) is 0 Å². The van der Waals surface area contributed by atoms with E-state index < -0.39 is 0 Å². The van der Waals surface area contributed by atoms with Crippen LogP contribution < -0.4 is 5.32 Å². The van der Waals surface area contributed by atoms with Gasteiger partial charge in [0.05, 0.1) is 6.10 Å². The molecule has 1 rings (SSSR count). The summed E-state index contributed by atoms with van der Waals surface area (Å²) in [7, 11) is 1.61. The van der Waals surface area contributed by atoms with Crippen molar-refractivity contribution in [1.29, 1.82) is 0 Å². The Hall–Kier alpha value is -1.10. The lowest BCUT2D eigenvalue weighted by molar-refractivity contribution is -0.151. The van der Waals surface area contributed by atoms with Gasteiger partial charge in [-0.1, -0.05) is 13.8 Å². The summed E-state index contributed by atoms with van der Waals surface area (Å²) in [4.78, 5) is 25.7. The zero-order valence-electron chi connectivity index (χ0n) is 11.0. The van der Waals surface area contributed by atoms with E-state index >= 15 is 0 Å². The highest BCUT2D eigenvalue weighted by Crippen LogP contribution is 2.15. The SMILES string of the molecule is CCC1NC(=O)C(CC)N(CC(C)OC)C1=O. The fraction of sp³-hybridized carbons (Fsp3) is 0.833.